The Hall–Kier alpha value is -1.50. The second kappa shape index (κ2) is 7.18. The van der Waals surface area contributed by atoms with E-state index in [4.69, 9.17) is 10.00 Å². The number of amides is 1. The van der Waals surface area contributed by atoms with Gasteiger partial charge < -0.3 is 9.64 Å². The smallest absolute Gasteiger partial charge is 0.410 e. The summed E-state index contributed by atoms with van der Waals surface area (Å²) in [6, 6.07) is 2.14. The highest BCUT2D eigenvalue weighted by atomic mass is 16.6. The summed E-state index contributed by atoms with van der Waals surface area (Å²) in [5, 5.41) is 8.43. The number of rotatable bonds is 4. The molecule has 1 rings (SSSR count). The number of likely N-dealkylation sites (tertiary alicyclic amines) is 1. The van der Waals surface area contributed by atoms with Crippen molar-refractivity contribution in [1.82, 2.24) is 4.90 Å². The molecule has 0 N–H and O–H groups in total. The fourth-order valence-corrected chi connectivity index (χ4v) is 2.02. The van der Waals surface area contributed by atoms with Crippen LogP contribution in [0.4, 0.5) is 4.79 Å². The van der Waals surface area contributed by atoms with Crippen LogP contribution in [0.3, 0.4) is 0 Å². The van der Waals surface area contributed by atoms with Crippen molar-refractivity contribution in [1.29, 1.82) is 5.26 Å². The van der Waals surface area contributed by atoms with E-state index in [9.17, 15) is 4.79 Å². The van der Waals surface area contributed by atoms with Gasteiger partial charge in [-0.25, -0.2) is 4.79 Å². The summed E-state index contributed by atoms with van der Waals surface area (Å²) < 4.78 is 5.35. The van der Waals surface area contributed by atoms with Gasteiger partial charge in [0, 0.05) is 19.5 Å². The molecule has 1 aliphatic heterocycles. The second-order valence-electron chi connectivity index (χ2n) is 5.95. The van der Waals surface area contributed by atoms with Gasteiger partial charge in [-0.15, -0.1) is 0 Å². The summed E-state index contributed by atoms with van der Waals surface area (Å²) in [6.45, 7) is 7.15. The van der Waals surface area contributed by atoms with Crippen LogP contribution in [0.2, 0.25) is 0 Å². The lowest BCUT2D eigenvalue weighted by Gasteiger charge is -2.24. The first-order valence-electron chi connectivity index (χ1n) is 6.94. The summed E-state index contributed by atoms with van der Waals surface area (Å²) in [6.07, 6.45) is 7.54. The maximum absolute atomic E-state index is 11.9. The van der Waals surface area contributed by atoms with Crippen LogP contribution in [0.25, 0.3) is 0 Å². The summed E-state index contributed by atoms with van der Waals surface area (Å²) >= 11 is 0. The average molecular weight is 264 g/mol. The largest absolute Gasteiger partial charge is 0.444 e. The maximum atomic E-state index is 11.9. The number of carbonyl (C=O) groups excluding carboxylic acids is 1. The molecule has 0 radical (unpaired) electrons. The number of ether oxygens (including phenoxy) is 1. The Morgan fingerprint density at radius 2 is 2.26 bits per heavy atom. The Bertz CT molecular complexity index is 363. The Morgan fingerprint density at radius 1 is 1.53 bits per heavy atom. The molecule has 106 valence electrons. The lowest BCUT2D eigenvalue weighted by atomic mass is 10.1. The van der Waals surface area contributed by atoms with Crippen LogP contribution in [0.15, 0.2) is 12.2 Å². The van der Waals surface area contributed by atoms with Gasteiger partial charge in [0.2, 0.25) is 0 Å². The van der Waals surface area contributed by atoms with E-state index in [0.717, 1.165) is 32.4 Å². The molecule has 0 aromatic carbocycles. The van der Waals surface area contributed by atoms with E-state index in [-0.39, 0.29) is 6.09 Å². The van der Waals surface area contributed by atoms with Gasteiger partial charge in [-0.1, -0.05) is 12.2 Å². The molecule has 4 nitrogen and oxygen atoms in total. The molecule has 1 saturated heterocycles. The molecule has 0 bridgehead atoms. The first-order chi connectivity index (χ1) is 8.92. The molecule has 1 aliphatic rings. The molecule has 1 amide bonds. The van der Waals surface area contributed by atoms with E-state index < -0.39 is 5.60 Å². The standard InChI is InChI=1S/C15H24N2O2/c1-15(2,3)19-14(18)17-11-9-13(12-17)8-6-4-5-7-10-16/h6,8,13H,4-5,7,9,11-12H2,1-3H3/b8-6+. The minimum absolute atomic E-state index is 0.215. The zero-order valence-electron chi connectivity index (χ0n) is 12.2. The van der Waals surface area contributed by atoms with E-state index >= 15 is 0 Å². The molecule has 0 aliphatic carbocycles. The minimum atomic E-state index is -0.428. The average Bonchev–Trinajstić information content (AvgIpc) is 2.75. The van der Waals surface area contributed by atoms with E-state index in [2.05, 4.69) is 18.2 Å². The predicted octanol–water partition coefficient (Wildman–Crippen LogP) is 3.49. The van der Waals surface area contributed by atoms with Crippen LogP contribution < -0.4 is 0 Å². The minimum Gasteiger partial charge on any atom is -0.444 e. The third-order valence-electron chi connectivity index (χ3n) is 2.94. The summed E-state index contributed by atoms with van der Waals surface area (Å²) in [5.41, 5.74) is -0.428. The number of allylic oxidation sites excluding steroid dienone is 1. The van der Waals surface area contributed by atoms with Gasteiger partial charge in [-0.2, -0.15) is 5.26 Å². The highest BCUT2D eigenvalue weighted by molar-refractivity contribution is 5.68. The van der Waals surface area contributed by atoms with Gasteiger partial charge in [-0.3, -0.25) is 0 Å². The number of hydrogen-bond donors (Lipinski definition) is 0. The van der Waals surface area contributed by atoms with Gasteiger partial charge >= 0.3 is 6.09 Å². The Kier molecular flexibility index (Phi) is 5.88. The number of unbranched alkanes of at least 4 members (excludes halogenated alkanes) is 2. The van der Waals surface area contributed by atoms with Crippen LogP contribution in [-0.4, -0.2) is 29.7 Å². The lowest BCUT2D eigenvalue weighted by Crippen LogP contribution is -2.35. The van der Waals surface area contributed by atoms with E-state index in [1.165, 1.54) is 0 Å². The molecule has 1 atom stereocenters. The topological polar surface area (TPSA) is 53.3 Å². The monoisotopic (exact) mass is 264 g/mol. The highest BCUT2D eigenvalue weighted by Gasteiger charge is 2.28. The molecule has 1 heterocycles. The molecular formula is C15H24N2O2. The van der Waals surface area contributed by atoms with Crippen LogP contribution in [0.5, 0.6) is 0 Å². The lowest BCUT2D eigenvalue weighted by molar-refractivity contribution is 0.0291. The Morgan fingerprint density at radius 3 is 2.89 bits per heavy atom. The quantitative estimate of drug-likeness (QED) is 0.577. The number of hydrogen-bond acceptors (Lipinski definition) is 3. The fourth-order valence-electron chi connectivity index (χ4n) is 2.02. The van der Waals surface area contributed by atoms with Crippen molar-refractivity contribution in [3.63, 3.8) is 0 Å². The number of carbonyl (C=O) groups is 1. The van der Waals surface area contributed by atoms with E-state index in [0.29, 0.717) is 12.3 Å². The molecular weight excluding hydrogens is 240 g/mol. The Balaban J connectivity index is 2.30. The van der Waals surface area contributed by atoms with Crippen molar-refractivity contribution in [3.05, 3.63) is 12.2 Å². The summed E-state index contributed by atoms with van der Waals surface area (Å²) in [7, 11) is 0. The van der Waals surface area contributed by atoms with Gasteiger partial charge in [0.25, 0.3) is 0 Å². The first kappa shape index (κ1) is 15.6. The third kappa shape index (κ3) is 6.28. The normalized spacial score (nSPS) is 19.7. The fraction of sp³-hybridized carbons (Fsp3) is 0.733. The zero-order chi connectivity index (χ0) is 14.3. The van der Waals surface area contributed by atoms with Crippen molar-refractivity contribution in [2.75, 3.05) is 13.1 Å². The summed E-state index contributed by atoms with van der Waals surface area (Å²) in [5.74, 6) is 0.426. The molecule has 0 aromatic rings. The molecule has 0 spiro atoms. The number of nitrogens with zero attached hydrogens (tertiary/aromatic N) is 2. The van der Waals surface area contributed by atoms with Gasteiger partial charge in [0.15, 0.2) is 0 Å². The summed E-state index contributed by atoms with van der Waals surface area (Å²) in [4.78, 5) is 13.6. The van der Waals surface area contributed by atoms with Gasteiger partial charge in [0.05, 0.1) is 6.07 Å². The van der Waals surface area contributed by atoms with Crippen LogP contribution in [0.1, 0.15) is 46.5 Å². The van der Waals surface area contributed by atoms with Crippen molar-refractivity contribution in [3.8, 4) is 6.07 Å². The Labute approximate surface area is 116 Å². The van der Waals surface area contributed by atoms with Gasteiger partial charge in [0.1, 0.15) is 5.60 Å². The van der Waals surface area contributed by atoms with Crippen molar-refractivity contribution < 1.29 is 9.53 Å². The van der Waals surface area contributed by atoms with E-state index in [1.807, 2.05) is 20.8 Å². The molecule has 0 saturated carbocycles. The maximum Gasteiger partial charge on any atom is 0.410 e. The van der Waals surface area contributed by atoms with Crippen LogP contribution in [0, 0.1) is 17.2 Å². The highest BCUT2D eigenvalue weighted by Crippen LogP contribution is 2.20. The molecule has 19 heavy (non-hydrogen) atoms. The molecule has 0 aromatic heterocycles. The van der Waals surface area contributed by atoms with Crippen molar-refractivity contribution >= 4 is 6.09 Å². The molecule has 1 fully saturated rings. The predicted molar refractivity (Wildman–Crippen MR) is 74.5 cm³/mol. The second-order valence-corrected chi connectivity index (χ2v) is 5.95. The van der Waals surface area contributed by atoms with E-state index in [1.54, 1.807) is 4.90 Å². The van der Waals surface area contributed by atoms with Crippen molar-refractivity contribution in [2.24, 2.45) is 5.92 Å². The van der Waals surface area contributed by atoms with Crippen LogP contribution in [-0.2, 0) is 4.74 Å². The van der Waals surface area contributed by atoms with Gasteiger partial charge in [-0.05, 0) is 46.0 Å². The SMILES string of the molecule is CC(C)(C)OC(=O)N1CCC(/C=C/CCCC#N)C1. The third-order valence-corrected chi connectivity index (χ3v) is 2.94. The zero-order valence-corrected chi connectivity index (χ0v) is 12.2. The first-order valence-corrected chi connectivity index (χ1v) is 6.94. The van der Waals surface area contributed by atoms with Crippen molar-refractivity contribution in [2.45, 2.75) is 52.1 Å². The van der Waals surface area contributed by atoms with Crippen LogP contribution >= 0.6 is 0 Å². The molecule has 4 heteroatoms. The number of nitriles is 1. The molecule has 1 unspecified atom stereocenters.